The molecule has 2 unspecified atom stereocenters. The lowest BCUT2D eigenvalue weighted by molar-refractivity contribution is -0.0361. The molecule has 6 atom stereocenters. The van der Waals surface area contributed by atoms with Crippen molar-refractivity contribution in [1.29, 1.82) is 0 Å². The molecule has 4 radical (unpaired) electrons. The Labute approximate surface area is 138 Å². The van der Waals surface area contributed by atoms with Crippen molar-refractivity contribution in [1.82, 2.24) is 0 Å². The highest BCUT2D eigenvalue weighted by molar-refractivity contribution is 7.47. The maximum Gasteiger partial charge on any atom is 0.472 e. The lowest BCUT2D eigenvalue weighted by Gasteiger charge is -2.21. The number of rotatable bonds is 8. The number of hydrogen-bond acceptors (Lipinski definition) is 7. The molecule has 0 aromatic carbocycles. The van der Waals surface area contributed by atoms with Crippen molar-refractivity contribution >= 4 is 23.5 Å². The summed E-state index contributed by atoms with van der Waals surface area (Å²) in [5, 5.41) is 0. The highest BCUT2D eigenvalue weighted by atomic mass is 31.2. The SMILES string of the molecule is [B][C@H]1CC(OC)[C@@H](COP(=O)(O)OC[C@H]2O[C@@H]([B])CC2OC)O1. The van der Waals surface area contributed by atoms with Crippen LogP contribution in [0.3, 0.4) is 0 Å². The topological polar surface area (TPSA) is 92.7 Å². The molecule has 2 aliphatic rings. The van der Waals surface area contributed by atoms with Gasteiger partial charge in [0.1, 0.15) is 27.9 Å². The van der Waals surface area contributed by atoms with E-state index in [-0.39, 0.29) is 25.4 Å². The number of phosphoric ester groups is 1. The molecule has 2 fully saturated rings. The Kier molecular flexibility index (Phi) is 7.13. The van der Waals surface area contributed by atoms with Crippen LogP contribution in [0.5, 0.6) is 0 Å². The van der Waals surface area contributed by atoms with Gasteiger partial charge in [0.2, 0.25) is 0 Å². The Morgan fingerprint density at radius 3 is 1.74 bits per heavy atom. The Morgan fingerprint density at radius 1 is 1.00 bits per heavy atom. The number of ether oxygens (including phenoxy) is 4. The van der Waals surface area contributed by atoms with E-state index in [1.54, 1.807) is 0 Å². The molecule has 0 bridgehead atoms. The zero-order valence-corrected chi connectivity index (χ0v) is 14.1. The second-order valence-corrected chi connectivity index (χ2v) is 6.96. The second kappa shape index (κ2) is 8.45. The van der Waals surface area contributed by atoms with E-state index in [4.69, 9.17) is 43.7 Å². The fraction of sp³-hybridized carbons (Fsp3) is 1.00. The van der Waals surface area contributed by atoms with Crippen LogP contribution < -0.4 is 0 Å². The molecule has 0 saturated carbocycles. The molecule has 0 aromatic rings. The van der Waals surface area contributed by atoms with Crippen LogP contribution in [0.1, 0.15) is 12.8 Å². The average molecular weight is 346 g/mol. The quantitative estimate of drug-likeness (QED) is 0.474. The Hall–Kier alpha value is 0.0799. The first-order valence-electron chi connectivity index (χ1n) is 7.34. The standard InChI is InChI=1S/C12H21B2O8P/c1-17-7-3-11(13)21-9(7)5-19-23(15,16)20-6-10-8(18-2)4-12(14)22-10/h7-12H,3-6H2,1-2H3,(H,15,16)/t7?,8?,9-,10-,11-,12-/m1/s1. The lowest BCUT2D eigenvalue weighted by atomic mass is 9.96. The van der Waals surface area contributed by atoms with Crippen LogP contribution in [0.15, 0.2) is 0 Å². The van der Waals surface area contributed by atoms with Crippen LogP contribution >= 0.6 is 7.82 Å². The largest absolute Gasteiger partial charge is 0.472 e. The van der Waals surface area contributed by atoms with Crippen molar-refractivity contribution in [3.8, 4) is 0 Å². The number of methoxy groups -OCH3 is 2. The van der Waals surface area contributed by atoms with Crippen molar-refractivity contribution in [2.24, 2.45) is 0 Å². The van der Waals surface area contributed by atoms with Gasteiger partial charge in [0.15, 0.2) is 0 Å². The molecule has 0 amide bonds. The first-order valence-corrected chi connectivity index (χ1v) is 8.83. The maximum atomic E-state index is 11.9. The number of hydrogen-bond donors (Lipinski definition) is 1. The van der Waals surface area contributed by atoms with E-state index < -0.39 is 32.0 Å². The molecule has 11 heteroatoms. The van der Waals surface area contributed by atoms with Crippen LogP contribution in [0, 0.1) is 0 Å². The van der Waals surface area contributed by atoms with E-state index >= 15 is 0 Å². The van der Waals surface area contributed by atoms with Gasteiger partial charge in [-0.05, 0) is 12.8 Å². The molecule has 2 rings (SSSR count). The summed E-state index contributed by atoms with van der Waals surface area (Å²) in [5.74, 6) is 0. The highest BCUT2D eigenvalue weighted by Crippen LogP contribution is 2.44. The first kappa shape index (κ1) is 19.4. The van der Waals surface area contributed by atoms with Crippen molar-refractivity contribution in [2.45, 2.75) is 49.3 Å². The van der Waals surface area contributed by atoms with Gasteiger partial charge in [-0.15, -0.1) is 0 Å². The summed E-state index contributed by atoms with van der Waals surface area (Å²) in [7, 11) is 10.1. The van der Waals surface area contributed by atoms with Gasteiger partial charge in [0, 0.05) is 26.2 Å². The van der Waals surface area contributed by atoms with Crippen LogP contribution in [0.4, 0.5) is 0 Å². The van der Waals surface area contributed by atoms with Crippen molar-refractivity contribution in [2.75, 3.05) is 27.4 Å². The summed E-state index contributed by atoms with van der Waals surface area (Å²) in [6.07, 6.45) is -0.656. The Bertz CT molecular complexity index is 394. The highest BCUT2D eigenvalue weighted by Gasteiger charge is 2.37. The monoisotopic (exact) mass is 346 g/mol. The van der Waals surface area contributed by atoms with Gasteiger partial charge in [-0.25, -0.2) is 4.57 Å². The molecular weight excluding hydrogens is 325 g/mol. The molecular formula is C12H21B2O8P. The van der Waals surface area contributed by atoms with Gasteiger partial charge in [-0.3, -0.25) is 9.05 Å². The van der Waals surface area contributed by atoms with Gasteiger partial charge >= 0.3 is 7.82 Å². The third-order valence-corrected chi connectivity index (χ3v) is 4.82. The van der Waals surface area contributed by atoms with Gasteiger partial charge in [-0.1, -0.05) is 0 Å². The average Bonchev–Trinajstić information content (AvgIpc) is 3.05. The van der Waals surface area contributed by atoms with Crippen molar-refractivity contribution < 1.29 is 37.5 Å². The van der Waals surface area contributed by atoms with Gasteiger partial charge in [0.25, 0.3) is 0 Å². The van der Waals surface area contributed by atoms with Gasteiger partial charge in [-0.2, -0.15) is 0 Å². The predicted molar refractivity (Wildman–Crippen MR) is 81.4 cm³/mol. The minimum atomic E-state index is -4.26. The molecule has 128 valence electrons. The van der Waals surface area contributed by atoms with E-state index in [1.165, 1.54) is 14.2 Å². The van der Waals surface area contributed by atoms with E-state index in [0.717, 1.165) is 0 Å². The molecule has 1 N–H and O–H groups in total. The minimum Gasteiger partial charge on any atom is -0.380 e. The second-order valence-electron chi connectivity index (χ2n) is 5.51. The summed E-state index contributed by atoms with van der Waals surface area (Å²) >= 11 is 0. The van der Waals surface area contributed by atoms with Crippen LogP contribution in [-0.4, -0.2) is 84.4 Å². The molecule has 0 spiro atoms. The van der Waals surface area contributed by atoms with Crippen molar-refractivity contribution in [3.05, 3.63) is 0 Å². The van der Waals surface area contributed by atoms with E-state index in [0.29, 0.717) is 12.8 Å². The lowest BCUT2D eigenvalue weighted by Crippen LogP contribution is -2.29. The molecule has 8 nitrogen and oxygen atoms in total. The molecule has 0 aromatic heterocycles. The van der Waals surface area contributed by atoms with Crippen LogP contribution in [-0.2, 0) is 32.6 Å². The maximum absolute atomic E-state index is 11.9. The molecule has 2 saturated heterocycles. The zero-order valence-electron chi connectivity index (χ0n) is 13.2. The first-order chi connectivity index (χ1) is 10.8. The fourth-order valence-electron chi connectivity index (χ4n) is 2.66. The van der Waals surface area contributed by atoms with E-state index in [2.05, 4.69) is 0 Å². The Morgan fingerprint density at radius 2 is 1.39 bits per heavy atom. The number of phosphoric acid groups is 1. The third kappa shape index (κ3) is 5.54. The smallest absolute Gasteiger partial charge is 0.380 e. The summed E-state index contributed by atoms with van der Waals surface area (Å²) in [4.78, 5) is 9.74. The summed E-state index contributed by atoms with van der Waals surface area (Å²) < 4.78 is 43.0. The minimum absolute atomic E-state index is 0.168. The zero-order chi connectivity index (χ0) is 17.0. The van der Waals surface area contributed by atoms with Gasteiger partial charge < -0.3 is 23.8 Å². The van der Waals surface area contributed by atoms with Crippen molar-refractivity contribution in [3.63, 3.8) is 0 Å². The summed E-state index contributed by atoms with van der Waals surface area (Å²) in [6.45, 7) is -0.336. The summed E-state index contributed by atoms with van der Waals surface area (Å²) in [6, 6.07) is -0.966. The summed E-state index contributed by atoms with van der Waals surface area (Å²) in [5.41, 5.74) is 0. The normalized spacial score (nSPS) is 40.3. The fourth-order valence-corrected chi connectivity index (χ4v) is 3.40. The molecule has 23 heavy (non-hydrogen) atoms. The third-order valence-electron chi connectivity index (χ3n) is 3.87. The molecule has 2 heterocycles. The van der Waals surface area contributed by atoms with E-state index in [9.17, 15) is 9.46 Å². The van der Waals surface area contributed by atoms with Gasteiger partial charge in [0.05, 0.1) is 25.4 Å². The predicted octanol–water partition coefficient (Wildman–Crippen LogP) is -0.283. The van der Waals surface area contributed by atoms with Crippen LogP contribution in [0.2, 0.25) is 0 Å². The Balaban J connectivity index is 1.77. The van der Waals surface area contributed by atoms with Crippen LogP contribution in [0.25, 0.3) is 0 Å². The molecule has 0 aliphatic carbocycles. The van der Waals surface area contributed by atoms with E-state index in [1.807, 2.05) is 0 Å². The molecule has 2 aliphatic heterocycles.